The first-order valence-electron chi connectivity index (χ1n) is 21.7. The van der Waals surface area contributed by atoms with Crippen LogP contribution in [-0.4, -0.2) is 0 Å². The molecule has 0 atom stereocenters. The molecule has 0 aromatic heterocycles. The predicted molar refractivity (Wildman–Crippen MR) is 253 cm³/mol. The summed E-state index contributed by atoms with van der Waals surface area (Å²) in [5.74, 6) is 0. The molecule has 0 saturated carbocycles. The Bertz CT molecular complexity index is 3190. The molecule has 5 aliphatic rings. The summed E-state index contributed by atoms with van der Waals surface area (Å²) in [7, 11) is 0. The molecule has 0 radical (unpaired) electrons. The van der Waals surface area contributed by atoms with E-state index in [1.807, 2.05) is 11.8 Å². The zero-order valence-corrected chi connectivity index (χ0v) is 36.5. The van der Waals surface area contributed by atoms with Crippen molar-refractivity contribution in [3.63, 3.8) is 0 Å². The van der Waals surface area contributed by atoms with Crippen molar-refractivity contribution in [3.8, 4) is 44.5 Å². The maximum atomic E-state index is 2.66. The van der Waals surface area contributed by atoms with Crippen molar-refractivity contribution >= 4 is 39.6 Å². The molecule has 60 heavy (non-hydrogen) atoms. The molecule has 0 spiro atoms. The van der Waals surface area contributed by atoms with Gasteiger partial charge in [0.05, 0.1) is 17.1 Å². The molecule has 2 heteroatoms. The van der Waals surface area contributed by atoms with E-state index in [2.05, 4.69) is 200 Å². The molecule has 0 bridgehead atoms. The Hall–Kier alpha value is -5.83. The molecule has 13 rings (SSSR count). The normalized spacial score (nSPS) is 17.8. The summed E-state index contributed by atoms with van der Waals surface area (Å²) in [5.41, 5.74) is 25.7. The van der Waals surface area contributed by atoms with Gasteiger partial charge in [0.25, 0.3) is 0 Å². The highest BCUT2D eigenvalue weighted by Crippen LogP contribution is 2.63. The molecule has 0 amide bonds. The molecule has 8 aromatic rings. The zero-order valence-electron chi connectivity index (χ0n) is 35.6. The van der Waals surface area contributed by atoms with Gasteiger partial charge in [-0.1, -0.05) is 164 Å². The topological polar surface area (TPSA) is 3.24 Å². The number of rotatable bonds is 1. The van der Waals surface area contributed by atoms with Gasteiger partial charge in [0.1, 0.15) is 0 Å². The number of hydrogen-bond donors (Lipinski definition) is 0. The number of nitrogens with zero attached hydrogens (tertiary/aromatic N) is 1. The fraction of sp³-hybridized carbons (Fsp3) is 0.207. The molecular formula is C58H47NS. The second-order valence-electron chi connectivity index (χ2n) is 20.1. The van der Waals surface area contributed by atoms with Crippen molar-refractivity contribution < 1.29 is 0 Å². The molecule has 0 unspecified atom stereocenters. The summed E-state index contributed by atoms with van der Waals surface area (Å²) >= 11 is 1.96. The van der Waals surface area contributed by atoms with Crippen molar-refractivity contribution in [1.82, 2.24) is 0 Å². The van der Waals surface area contributed by atoms with Gasteiger partial charge in [0, 0.05) is 36.8 Å². The van der Waals surface area contributed by atoms with Crippen LogP contribution in [0.5, 0.6) is 0 Å². The number of anilines is 3. The minimum Gasteiger partial charge on any atom is -0.308 e. The standard InChI is InChI=1S/C58H47NS/c1-55(2)41-22-14-11-17-32(41)37-25-45-40(26-44(37)55)54-36-21-10-9-20-35(36)49(29-48(54)58(45,7)8)59-50-27-38-33-18-12-15-23-42(33)56(3,4)46(38)30-52(50)60-53-31-47-39(28-51(53)59)34-19-13-16-24-43(34)57(47,5)6/h9-31H,1-8H3. The van der Waals surface area contributed by atoms with Gasteiger partial charge in [-0.2, -0.15) is 0 Å². The largest absolute Gasteiger partial charge is 0.308 e. The molecule has 4 aliphatic carbocycles. The van der Waals surface area contributed by atoms with Gasteiger partial charge in [-0.15, -0.1) is 0 Å². The number of hydrogen-bond acceptors (Lipinski definition) is 2. The summed E-state index contributed by atoms with van der Waals surface area (Å²) in [6.07, 6.45) is 0. The third-order valence-electron chi connectivity index (χ3n) is 15.6. The molecule has 0 N–H and O–H groups in total. The third kappa shape index (κ3) is 4.12. The molecule has 1 aliphatic heterocycles. The quantitative estimate of drug-likeness (QED) is 0.163. The summed E-state index contributed by atoms with van der Waals surface area (Å²) in [6, 6.07) is 54.3. The van der Waals surface area contributed by atoms with E-state index >= 15 is 0 Å². The summed E-state index contributed by atoms with van der Waals surface area (Å²) in [5, 5.41) is 2.61. The van der Waals surface area contributed by atoms with Gasteiger partial charge in [0.15, 0.2) is 0 Å². The van der Waals surface area contributed by atoms with E-state index < -0.39 is 0 Å². The Morgan fingerprint density at radius 2 is 0.700 bits per heavy atom. The second-order valence-corrected chi connectivity index (χ2v) is 21.2. The lowest BCUT2D eigenvalue weighted by Gasteiger charge is -2.37. The average Bonchev–Trinajstić information content (AvgIpc) is 3.80. The first kappa shape index (κ1) is 35.0. The zero-order chi connectivity index (χ0) is 40.8. The van der Waals surface area contributed by atoms with Crippen molar-refractivity contribution in [2.75, 3.05) is 4.90 Å². The molecule has 1 nitrogen and oxygen atoms in total. The van der Waals surface area contributed by atoms with E-state index in [0.717, 1.165) is 0 Å². The Morgan fingerprint density at radius 1 is 0.317 bits per heavy atom. The van der Waals surface area contributed by atoms with Crippen LogP contribution in [0.4, 0.5) is 17.1 Å². The van der Waals surface area contributed by atoms with Crippen LogP contribution in [0.15, 0.2) is 149 Å². The van der Waals surface area contributed by atoms with E-state index in [1.54, 1.807) is 0 Å². The fourth-order valence-electron chi connectivity index (χ4n) is 12.4. The van der Waals surface area contributed by atoms with Crippen LogP contribution in [0.2, 0.25) is 0 Å². The minimum atomic E-state index is -0.210. The molecule has 0 saturated heterocycles. The van der Waals surface area contributed by atoms with Gasteiger partial charge < -0.3 is 4.90 Å². The Labute approximate surface area is 358 Å². The van der Waals surface area contributed by atoms with Crippen molar-refractivity contribution in [2.45, 2.75) is 86.8 Å². The van der Waals surface area contributed by atoms with Crippen LogP contribution >= 0.6 is 11.8 Å². The Morgan fingerprint density at radius 3 is 1.22 bits per heavy atom. The molecule has 0 fully saturated rings. The first-order chi connectivity index (χ1) is 28.8. The van der Waals surface area contributed by atoms with E-state index in [0.29, 0.717) is 0 Å². The smallest absolute Gasteiger partial charge is 0.0608 e. The average molecular weight is 790 g/mol. The fourth-order valence-corrected chi connectivity index (χ4v) is 13.5. The molecule has 1 heterocycles. The van der Waals surface area contributed by atoms with Crippen LogP contribution in [0.3, 0.4) is 0 Å². The van der Waals surface area contributed by atoms with Gasteiger partial charge >= 0.3 is 0 Å². The maximum Gasteiger partial charge on any atom is 0.0608 e. The Balaban J connectivity index is 1.10. The van der Waals surface area contributed by atoms with Crippen LogP contribution in [0, 0.1) is 0 Å². The molecular weight excluding hydrogens is 743 g/mol. The van der Waals surface area contributed by atoms with Crippen LogP contribution < -0.4 is 4.90 Å². The predicted octanol–water partition coefficient (Wildman–Crippen LogP) is 16.0. The highest BCUT2D eigenvalue weighted by atomic mass is 32.2. The molecule has 8 aromatic carbocycles. The highest BCUT2D eigenvalue weighted by Gasteiger charge is 2.45. The van der Waals surface area contributed by atoms with Gasteiger partial charge in [-0.05, 0) is 137 Å². The number of fused-ring (bicyclic) bond motifs is 16. The van der Waals surface area contributed by atoms with Crippen molar-refractivity contribution in [1.29, 1.82) is 0 Å². The van der Waals surface area contributed by atoms with Gasteiger partial charge in [-0.3, -0.25) is 0 Å². The van der Waals surface area contributed by atoms with E-state index in [1.165, 1.54) is 127 Å². The van der Waals surface area contributed by atoms with E-state index in [-0.39, 0.29) is 21.7 Å². The lowest BCUT2D eigenvalue weighted by molar-refractivity contribution is 0.652. The summed E-state index contributed by atoms with van der Waals surface area (Å²) in [6.45, 7) is 19.3. The second kappa shape index (κ2) is 11.1. The maximum absolute atomic E-state index is 2.66. The Kier molecular flexibility index (Phi) is 6.47. The number of benzene rings is 8. The minimum absolute atomic E-state index is 0.0661. The lowest BCUT2D eigenvalue weighted by atomic mass is 9.79. The highest BCUT2D eigenvalue weighted by molar-refractivity contribution is 7.99. The third-order valence-corrected chi connectivity index (χ3v) is 16.7. The first-order valence-corrected chi connectivity index (χ1v) is 22.5. The van der Waals surface area contributed by atoms with Crippen molar-refractivity contribution in [2.24, 2.45) is 0 Å². The van der Waals surface area contributed by atoms with Gasteiger partial charge in [-0.25, -0.2) is 0 Å². The monoisotopic (exact) mass is 789 g/mol. The van der Waals surface area contributed by atoms with E-state index in [9.17, 15) is 0 Å². The SMILES string of the molecule is CC1(C)c2ccccc2-c2cc3c(cc21)Sc1cc2c(cc1N3c1cc3c(c4ccccc14)-c1cc4c(cc1C3(C)C)-c1ccccc1C4(C)C)-c1ccccc1C2(C)C. The summed E-state index contributed by atoms with van der Waals surface area (Å²) in [4.78, 5) is 5.30. The van der Waals surface area contributed by atoms with Crippen LogP contribution in [-0.2, 0) is 21.7 Å². The van der Waals surface area contributed by atoms with E-state index in [4.69, 9.17) is 0 Å². The molecule has 290 valence electrons. The lowest BCUT2D eigenvalue weighted by Crippen LogP contribution is -2.20. The van der Waals surface area contributed by atoms with Gasteiger partial charge in [0.2, 0.25) is 0 Å². The van der Waals surface area contributed by atoms with Crippen molar-refractivity contribution in [3.05, 3.63) is 184 Å². The van der Waals surface area contributed by atoms with Crippen LogP contribution in [0.1, 0.15) is 99.9 Å². The van der Waals surface area contributed by atoms with Crippen LogP contribution in [0.25, 0.3) is 55.3 Å². The summed E-state index contributed by atoms with van der Waals surface area (Å²) < 4.78 is 0.